The van der Waals surface area contributed by atoms with E-state index >= 15 is 0 Å². The van der Waals surface area contributed by atoms with Gasteiger partial charge in [-0.05, 0) is 12.1 Å². The highest BCUT2D eigenvalue weighted by Gasteiger charge is 2.24. The number of carbonyl (C=O) groups excluding carboxylic acids is 1. The van der Waals surface area contributed by atoms with Crippen molar-refractivity contribution in [3.05, 3.63) is 23.8 Å². The highest BCUT2D eigenvalue weighted by atomic mass is 32.3. The standard InChI is InChI=1S/C8H6F3NO3S/c1-4(13)12-5-2-6(9)8(7(10)3-5)16(11,14)15/h2-3H,1H3,(H,12,13). The molecule has 88 valence electrons. The molecule has 0 aliphatic rings. The Morgan fingerprint density at radius 2 is 1.69 bits per heavy atom. The fourth-order valence-corrected chi connectivity index (χ4v) is 1.65. The Bertz CT molecular complexity index is 518. The van der Waals surface area contributed by atoms with Gasteiger partial charge in [0.2, 0.25) is 5.91 Å². The van der Waals surface area contributed by atoms with Crippen molar-refractivity contribution in [2.45, 2.75) is 11.8 Å². The molecule has 0 radical (unpaired) electrons. The summed E-state index contributed by atoms with van der Waals surface area (Å²) in [5.41, 5.74) is -0.296. The number of halogens is 3. The molecule has 0 aliphatic carbocycles. The second kappa shape index (κ2) is 4.12. The maximum Gasteiger partial charge on any atom is 0.337 e. The maximum absolute atomic E-state index is 13.0. The Kier molecular flexibility index (Phi) is 3.22. The van der Waals surface area contributed by atoms with Gasteiger partial charge < -0.3 is 5.32 Å². The first-order chi connectivity index (χ1) is 7.21. The molecule has 1 amide bonds. The van der Waals surface area contributed by atoms with E-state index in [-0.39, 0.29) is 5.69 Å². The summed E-state index contributed by atoms with van der Waals surface area (Å²) in [6, 6.07) is 1.02. The first kappa shape index (κ1) is 12.5. The van der Waals surface area contributed by atoms with Gasteiger partial charge in [-0.3, -0.25) is 4.79 Å². The maximum atomic E-state index is 13.0. The van der Waals surface area contributed by atoms with Gasteiger partial charge in [-0.25, -0.2) is 8.78 Å². The number of amides is 1. The SMILES string of the molecule is CC(=O)Nc1cc(F)c(S(=O)(=O)F)c(F)c1. The molecule has 0 bridgehead atoms. The van der Waals surface area contributed by atoms with Crippen molar-refractivity contribution < 1.29 is 25.9 Å². The lowest BCUT2D eigenvalue weighted by Gasteiger charge is -2.05. The van der Waals surface area contributed by atoms with Crippen LogP contribution in [0.3, 0.4) is 0 Å². The summed E-state index contributed by atoms with van der Waals surface area (Å²) in [6.45, 7) is 1.09. The smallest absolute Gasteiger partial charge is 0.326 e. The number of nitrogens with one attached hydrogen (secondary N) is 1. The van der Waals surface area contributed by atoms with E-state index in [0.29, 0.717) is 12.1 Å². The molecule has 0 fully saturated rings. The van der Waals surface area contributed by atoms with Gasteiger partial charge in [0, 0.05) is 12.6 Å². The van der Waals surface area contributed by atoms with Crippen LogP contribution in [0.4, 0.5) is 18.4 Å². The lowest BCUT2D eigenvalue weighted by Crippen LogP contribution is -2.08. The topological polar surface area (TPSA) is 63.2 Å². The van der Waals surface area contributed by atoms with Crippen LogP contribution in [-0.4, -0.2) is 14.3 Å². The summed E-state index contributed by atoms with van der Waals surface area (Å²) < 4.78 is 59.3. The molecule has 0 atom stereocenters. The van der Waals surface area contributed by atoms with E-state index in [1.165, 1.54) is 0 Å². The summed E-state index contributed by atoms with van der Waals surface area (Å²) in [4.78, 5) is 8.90. The van der Waals surface area contributed by atoms with E-state index in [9.17, 15) is 25.9 Å². The number of rotatable bonds is 2. The normalized spacial score (nSPS) is 11.2. The number of benzene rings is 1. The van der Waals surface area contributed by atoms with Gasteiger partial charge >= 0.3 is 10.2 Å². The van der Waals surface area contributed by atoms with Crippen LogP contribution in [0.5, 0.6) is 0 Å². The second-order valence-electron chi connectivity index (χ2n) is 2.89. The number of hydrogen-bond acceptors (Lipinski definition) is 3. The van der Waals surface area contributed by atoms with Crippen LogP contribution in [0.1, 0.15) is 6.92 Å². The first-order valence-electron chi connectivity index (χ1n) is 3.93. The molecule has 1 aromatic carbocycles. The quantitative estimate of drug-likeness (QED) is 0.814. The third-order valence-corrected chi connectivity index (χ3v) is 2.44. The molecule has 0 aliphatic heterocycles. The Labute approximate surface area is 89.3 Å². The van der Waals surface area contributed by atoms with Crippen molar-refractivity contribution in [2.24, 2.45) is 0 Å². The predicted octanol–water partition coefficient (Wildman–Crippen LogP) is 1.58. The third-order valence-electron chi connectivity index (χ3n) is 1.56. The lowest BCUT2D eigenvalue weighted by molar-refractivity contribution is -0.114. The molecule has 4 nitrogen and oxygen atoms in total. The van der Waals surface area contributed by atoms with Crippen LogP contribution in [0.15, 0.2) is 17.0 Å². The van der Waals surface area contributed by atoms with Gasteiger partial charge in [0.25, 0.3) is 0 Å². The third kappa shape index (κ3) is 2.72. The van der Waals surface area contributed by atoms with Crippen LogP contribution in [0.2, 0.25) is 0 Å². The van der Waals surface area contributed by atoms with E-state index in [1.807, 2.05) is 5.32 Å². The molecule has 0 saturated heterocycles. The summed E-state index contributed by atoms with van der Waals surface area (Å²) >= 11 is 0. The Balaban J connectivity index is 3.34. The van der Waals surface area contributed by atoms with Gasteiger partial charge in [0.1, 0.15) is 11.6 Å². The number of carbonyl (C=O) groups is 1. The minimum Gasteiger partial charge on any atom is -0.326 e. The zero-order valence-corrected chi connectivity index (χ0v) is 8.74. The van der Waals surface area contributed by atoms with Crippen LogP contribution < -0.4 is 5.32 Å². The van der Waals surface area contributed by atoms with Crippen molar-refractivity contribution in [1.29, 1.82) is 0 Å². The van der Waals surface area contributed by atoms with Gasteiger partial charge in [0.15, 0.2) is 4.90 Å². The van der Waals surface area contributed by atoms with E-state index in [0.717, 1.165) is 6.92 Å². The molecular formula is C8H6F3NO3S. The van der Waals surface area contributed by atoms with Gasteiger partial charge in [-0.2, -0.15) is 8.42 Å². The molecule has 8 heteroatoms. The summed E-state index contributed by atoms with van der Waals surface area (Å²) in [6.07, 6.45) is 0. The summed E-state index contributed by atoms with van der Waals surface area (Å²) in [5.74, 6) is -3.81. The van der Waals surface area contributed by atoms with Crippen LogP contribution in [0, 0.1) is 11.6 Å². The minimum atomic E-state index is -5.47. The highest BCUT2D eigenvalue weighted by Crippen LogP contribution is 2.24. The molecule has 1 N–H and O–H groups in total. The van der Waals surface area contributed by atoms with Gasteiger partial charge in [-0.1, -0.05) is 0 Å². The lowest BCUT2D eigenvalue weighted by atomic mass is 10.3. The van der Waals surface area contributed by atoms with Crippen molar-refractivity contribution in [3.8, 4) is 0 Å². The van der Waals surface area contributed by atoms with Crippen LogP contribution in [0.25, 0.3) is 0 Å². The molecule has 0 saturated carbocycles. The predicted molar refractivity (Wildman–Crippen MR) is 49.0 cm³/mol. The number of hydrogen-bond donors (Lipinski definition) is 1. The zero-order valence-electron chi connectivity index (χ0n) is 7.92. The summed E-state index contributed by atoms with van der Waals surface area (Å²) in [5, 5.41) is 2.03. The van der Waals surface area contributed by atoms with Gasteiger partial charge in [0.05, 0.1) is 0 Å². The van der Waals surface area contributed by atoms with Crippen LogP contribution >= 0.6 is 0 Å². The first-order valence-corrected chi connectivity index (χ1v) is 5.31. The fraction of sp³-hybridized carbons (Fsp3) is 0.125. The average molecular weight is 253 g/mol. The van der Waals surface area contributed by atoms with Crippen molar-refractivity contribution in [2.75, 3.05) is 5.32 Å². The highest BCUT2D eigenvalue weighted by molar-refractivity contribution is 7.86. The van der Waals surface area contributed by atoms with Crippen molar-refractivity contribution >= 4 is 21.8 Å². The monoisotopic (exact) mass is 253 g/mol. The number of anilines is 1. The van der Waals surface area contributed by atoms with Gasteiger partial charge in [-0.15, -0.1) is 3.89 Å². The zero-order chi connectivity index (χ0) is 12.5. The molecule has 1 aromatic rings. The summed E-state index contributed by atoms with van der Waals surface area (Å²) in [7, 11) is -5.47. The fourth-order valence-electron chi connectivity index (χ4n) is 1.07. The Hall–Kier alpha value is -1.57. The molecule has 0 unspecified atom stereocenters. The molecular weight excluding hydrogens is 247 g/mol. The largest absolute Gasteiger partial charge is 0.337 e. The van der Waals surface area contributed by atoms with E-state index in [2.05, 4.69) is 0 Å². The average Bonchev–Trinajstić information content (AvgIpc) is 1.96. The molecule has 0 aromatic heterocycles. The van der Waals surface area contributed by atoms with Crippen LogP contribution in [-0.2, 0) is 15.0 Å². The van der Waals surface area contributed by atoms with E-state index in [4.69, 9.17) is 0 Å². The Morgan fingerprint density at radius 1 is 1.25 bits per heavy atom. The van der Waals surface area contributed by atoms with E-state index in [1.54, 1.807) is 0 Å². The minimum absolute atomic E-state index is 0.296. The molecule has 0 spiro atoms. The molecule has 0 heterocycles. The Morgan fingerprint density at radius 3 is 2.00 bits per heavy atom. The van der Waals surface area contributed by atoms with Crippen molar-refractivity contribution in [1.82, 2.24) is 0 Å². The second-order valence-corrected chi connectivity index (χ2v) is 4.17. The van der Waals surface area contributed by atoms with Crippen molar-refractivity contribution in [3.63, 3.8) is 0 Å². The molecule has 1 rings (SSSR count). The van der Waals surface area contributed by atoms with E-state index < -0.39 is 32.7 Å². The molecule has 16 heavy (non-hydrogen) atoms.